The highest BCUT2D eigenvalue weighted by molar-refractivity contribution is 5.81. The number of hydrogen-bond acceptors (Lipinski definition) is 4. The van der Waals surface area contributed by atoms with Crippen LogP contribution in [0, 0.1) is 0 Å². The Kier molecular flexibility index (Phi) is 3.55. The molecule has 1 heterocycles. The summed E-state index contributed by atoms with van der Waals surface area (Å²) in [5, 5.41) is 4.22. The minimum Gasteiger partial charge on any atom is -0.469 e. The Labute approximate surface area is 99.6 Å². The van der Waals surface area contributed by atoms with Gasteiger partial charge in [0.05, 0.1) is 30.9 Å². The maximum absolute atomic E-state index is 10.9. The number of ether oxygens (including phenoxy) is 1. The lowest BCUT2D eigenvalue weighted by Gasteiger charge is -2.06. The molecule has 0 aliphatic carbocycles. The number of para-hydroxylation sites is 1. The minimum atomic E-state index is -0.216. The standard InChI is InChI=1S/C13H14N2O2/c1-17-13(16)6-7-14-11-8-10-4-2-3-5-12(10)15-9-11/h2-5,8-9,14H,6-7H2,1H3. The van der Waals surface area contributed by atoms with Crippen LogP contribution in [0.2, 0.25) is 0 Å². The summed E-state index contributed by atoms with van der Waals surface area (Å²) in [7, 11) is 1.39. The van der Waals surface area contributed by atoms with Crippen LogP contribution in [-0.4, -0.2) is 24.6 Å². The number of aromatic nitrogens is 1. The molecule has 4 heteroatoms. The van der Waals surface area contributed by atoms with Gasteiger partial charge in [0.15, 0.2) is 0 Å². The van der Waals surface area contributed by atoms with Gasteiger partial charge in [-0.15, -0.1) is 0 Å². The fraction of sp³-hybridized carbons (Fsp3) is 0.231. The maximum atomic E-state index is 10.9. The van der Waals surface area contributed by atoms with E-state index in [1.54, 1.807) is 6.20 Å². The quantitative estimate of drug-likeness (QED) is 0.818. The molecule has 0 aliphatic heterocycles. The zero-order valence-corrected chi connectivity index (χ0v) is 9.64. The number of benzene rings is 1. The van der Waals surface area contributed by atoms with E-state index in [9.17, 15) is 4.79 Å². The molecule has 0 radical (unpaired) electrons. The molecule has 88 valence electrons. The van der Waals surface area contributed by atoms with Crippen molar-refractivity contribution in [3.8, 4) is 0 Å². The second-order valence-electron chi connectivity index (χ2n) is 3.67. The number of anilines is 1. The van der Waals surface area contributed by atoms with Crippen molar-refractivity contribution in [2.45, 2.75) is 6.42 Å². The molecule has 17 heavy (non-hydrogen) atoms. The summed E-state index contributed by atoms with van der Waals surface area (Å²) in [6.07, 6.45) is 2.11. The molecule has 0 spiro atoms. The third kappa shape index (κ3) is 2.93. The zero-order chi connectivity index (χ0) is 12.1. The third-order valence-electron chi connectivity index (χ3n) is 2.48. The molecule has 2 rings (SSSR count). The van der Waals surface area contributed by atoms with Crippen LogP contribution in [0.15, 0.2) is 36.5 Å². The highest BCUT2D eigenvalue weighted by Crippen LogP contribution is 2.15. The van der Waals surface area contributed by atoms with Gasteiger partial charge >= 0.3 is 5.97 Å². The largest absolute Gasteiger partial charge is 0.469 e. The number of esters is 1. The molecular formula is C13H14N2O2. The molecule has 1 aromatic carbocycles. The van der Waals surface area contributed by atoms with Crippen molar-refractivity contribution in [3.63, 3.8) is 0 Å². The van der Waals surface area contributed by atoms with Crippen molar-refractivity contribution in [1.29, 1.82) is 0 Å². The van der Waals surface area contributed by atoms with E-state index in [4.69, 9.17) is 0 Å². The van der Waals surface area contributed by atoms with Gasteiger partial charge in [0.25, 0.3) is 0 Å². The molecule has 1 aromatic heterocycles. The van der Waals surface area contributed by atoms with Crippen LogP contribution >= 0.6 is 0 Å². The Morgan fingerprint density at radius 2 is 2.24 bits per heavy atom. The minimum absolute atomic E-state index is 0.216. The van der Waals surface area contributed by atoms with E-state index in [-0.39, 0.29) is 5.97 Å². The Hall–Kier alpha value is -2.10. The number of methoxy groups -OCH3 is 1. The summed E-state index contributed by atoms with van der Waals surface area (Å²) in [5.74, 6) is -0.216. The molecule has 0 amide bonds. The average molecular weight is 230 g/mol. The fourth-order valence-electron chi connectivity index (χ4n) is 1.58. The van der Waals surface area contributed by atoms with Gasteiger partial charge in [0.1, 0.15) is 0 Å². The lowest BCUT2D eigenvalue weighted by Crippen LogP contribution is -2.09. The molecule has 0 atom stereocenters. The lowest BCUT2D eigenvalue weighted by molar-refractivity contribution is -0.140. The van der Waals surface area contributed by atoms with Crippen molar-refractivity contribution in [1.82, 2.24) is 4.98 Å². The second kappa shape index (κ2) is 5.30. The molecule has 0 unspecified atom stereocenters. The first kappa shape index (κ1) is 11.4. The van der Waals surface area contributed by atoms with Gasteiger partial charge in [-0.1, -0.05) is 18.2 Å². The topological polar surface area (TPSA) is 51.2 Å². The van der Waals surface area contributed by atoms with Crippen molar-refractivity contribution in [3.05, 3.63) is 36.5 Å². The molecule has 1 N–H and O–H groups in total. The van der Waals surface area contributed by atoms with Gasteiger partial charge in [0.2, 0.25) is 0 Å². The Morgan fingerprint density at radius 3 is 3.06 bits per heavy atom. The first-order valence-electron chi connectivity index (χ1n) is 5.45. The molecule has 0 fully saturated rings. The van der Waals surface area contributed by atoms with Crippen LogP contribution in [0.5, 0.6) is 0 Å². The number of nitrogens with zero attached hydrogens (tertiary/aromatic N) is 1. The molecular weight excluding hydrogens is 216 g/mol. The number of hydrogen-bond donors (Lipinski definition) is 1. The number of carbonyl (C=O) groups excluding carboxylic acids is 1. The van der Waals surface area contributed by atoms with E-state index in [2.05, 4.69) is 15.0 Å². The zero-order valence-electron chi connectivity index (χ0n) is 9.64. The summed E-state index contributed by atoms with van der Waals surface area (Å²) in [6, 6.07) is 9.92. The van der Waals surface area contributed by atoms with Gasteiger partial charge in [-0.25, -0.2) is 0 Å². The summed E-state index contributed by atoms with van der Waals surface area (Å²) in [5.41, 5.74) is 1.87. The summed E-state index contributed by atoms with van der Waals surface area (Å²) in [6.45, 7) is 0.548. The molecule has 0 aliphatic rings. The van der Waals surface area contributed by atoms with Crippen molar-refractivity contribution >= 4 is 22.6 Å². The number of pyridine rings is 1. The van der Waals surface area contributed by atoms with Gasteiger partial charge in [-0.05, 0) is 12.1 Å². The smallest absolute Gasteiger partial charge is 0.307 e. The Balaban J connectivity index is 2.02. The van der Waals surface area contributed by atoms with Gasteiger partial charge < -0.3 is 10.1 Å². The normalized spacial score (nSPS) is 10.2. The van der Waals surface area contributed by atoms with Crippen LogP contribution in [0.3, 0.4) is 0 Å². The van der Waals surface area contributed by atoms with Gasteiger partial charge in [0, 0.05) is 11.9 Å². The number of fused-ring (bicyclic) bond motifs is 1. The van der Waals surface area contributed by atoms with Gasteiger partial charge in [-0.2, -0.15) is 0 Å². The molecule has 0 bridgehead atoms. The molecule has 4 nitrogen and oxygen atoms in total. The third-order valence-corrected chi connectivity index (χ3v) is 2.48. The highest BCUT2D eigenvalue weighted by atomic mass is 16.5. The van der Waals surface area contributed by atoms with Gasteiger partial charge in [-0.3, -0.25) is 9.78 Å². The molecule has 0 saturated carbocycles. The van der Waals surface area contributed by atoms with E-state index >= 15 is 0 Å². The summed E-state index contributed by atoms with van der Waals surface area (Å²) >= 11 is 0. The van der Waals surface area contributed by atoms with Crippen molar-refractivity contribution < 1.29 is 9.53 Å². The van der Waals surface area contributed by atoms with Crippen molar-refractivity contribution in [2.24, 2.45) is 0 Å². The van der Waals surface area contributed by atoms with Crippen molar-refractivity contribution in [2.75, 3.05) is 19.0 Å². The number of nitrogens with one attached hydrogen (secondary N) is 1. The van der Waals surface area contributed by atoms with Crippen LogP contribution in [0.1, 0.15) is 6.42 Å². The monoisotopic (exact) mass is 230 g/mol. The first-order chi connectivity index (χ1) is 8.29. The SMILES string of the molecule is COC(=O)CCNc1cnc2ccccc2c1. The van der Waals surface area contributed by atoms with Crippen LogP contribution in [0.4, 0.5) is 5.69 Å². The first-order valence-corrected chi connectivity index (χ1v) is 5.45. The lowest BCUT2D eigenvalue weighted by atomic mass is 10.2. The van der Waals surface area contributed by atoms with E-state index < -0.39 is 0 Å². The number of carbonyl (C=O) groups is 1. The van der Waals surface area contributed by atoms with Crippen LogP contribution < -0.4 is 5.32 Å². The van der Waals surface area contributed by atoms with Crippen LogP contribution in [-0.2, 0) is 9.53 Å². The van der Waals surface area contributed by atoms with E-state index in [1.165, 1.54) is 7.11 Å². The average Bonchev–Trinajstić information content (AvgIpc) is 2.38. The summed E-state index contributed by atoms with van der Waals surface area (Å²) < 4.78 is 4.56. The highest BCUT2D eigenvalue weighted by Gasteiger charge is 2.00. The van der Waals surface area contributed by atoms with E-state index in [0.29, 0.717) is 13.0 Å². The van der Waals surface area contributed by atoms with Crippen LogP contribution in [0.25, 0.3) is 10.9 Å². The second-order valence-corrected chi connectivity index (χ2v) is 3.67. The number of rotatable bonds is 4. The molecule has 0 saturated heterocycles. The Morgan fingerprint density at radius 1 is 1.41 bits per heavy atom. The summed E-state index contributed by atoms with van der Waals surface area (Å²) in [4.78, 5) is 15.3. The van der Waals surface area contributed by atoms with E-state index in [0.717, 1.165) is 16.6 Å². The fourth-order valence-corrected chi connectivity index (χ4v) is 1.58. The predicted molar refractivity (Wildman–Crippen MR) is 66.9 cm³/mol. The maximum Gasteiger partial charge on any atom is 0.307 e. The Bertz CT molecular complexity index is 526. The predicted octanol–water partition coefficient (Wildman–Crippen LogP) is 2.21. The van der Waals surface area contributed by atoms with E-state index in [1.807, 2.05) is 30.3 Å². The molecule has 2 aromatic rings.